The Morgan fingerprint density at radius 2 is 0.900 bits per heavy atom. The first-order valence-electron chi connectivity index (χ1n) is 12.7. The highest BCUT2D eigenvalue weighted by molar-refractivity contribution is 7.89. The maximum Gasteiger partial charge on any atom is 0.296 e. The predicted molar refractivity (Wildman–Crippen MR) is 150 cm³/mol. The molecule has 0 saturated carbocycles. The largest absolute Gasteiger partial charge is 0.296 e. The third kappa shape index (κ3) is 6.99. The van der Waals surface area contributed by atoms with E-state index in [0.717, 1.165) is 16.7 Å². The quantitative estimate of drug-likeness (QED) is 0.314. The predicted octanol–water partition coefficient (Wildman–Crippen LogP) is 4.19. The number of hydrogen-bond acceptors (Lipinski definition) is 8. The van der Waals surface area contributed by atoms with E-state index < -0.39 is 35.7 Å². The van der Waals surface area contributed by atoms with E-state index in [2.05, 4.69) is 0 Å². The first-order chi connectivity index (χ1) is 18.7. The standard InChI is InChI=1S/C28H33NO8S3/c1-22-4-10-25(11-5-22)38(30,31)29-18-16-28(17-19-29,20-36-39(32,33)26-12-6-23(2)7-13-26)21-37-40(34,35)27-14-8-24(3)9-15-27/h4-15H,16-21H2,1-3H3. The molecule has 0 atom stereocenters. The van der Waals surface area contributed by atoms with E-state index >= 15 is 0 Å². The number of benzene rings is 3. The van der Waals surface area contributed by atoms with Crippen LogP contribution in [0.15, 0.2) is 87.5 Å². The molecule has 216 valence electrons. The molecule has 3 aromatic carbocycles. The lowest BCUT2D eigenvalue weighted by Gasteiger charge is -2.40. The van der Waals surface area contributed by atoms with Crippen molar-refractivity contribution in [3.05, 3.63) is 89.5 Å². The molecule has 1 saturated heterocycles. The highest BCUT2D eigenvalue weighted by atomic mass is 32.2. The lowest BCUT2D eigenvalue weighted by Crippen LogP contribution is -2.47. The number of aryl methyl sites for hydroxylation is 3. The summed E-state index contributed by atoms with van der Waals surface area (Å²) in [5.41, 5.74) is 1.62. The summed E-state index contributed by atoms with van der Waals surface area (Å²) in [6, 6.07) is 18.9. The second kappa shape index (κ2) is 11.7. The Labute approximate surface area is 237 Å². The topological polar surface area (TPSA) is 124 Å². The first-order valence-corrected chi connectivity index (χ1v) is 17.0. The van der Waals surface area contributed by atoms with Gasteiger partial charge in [-0.1, -0.05) is 53.1 Å². The van der Waals surface area contributed by atoms with Gasteiger partial charge in [-0.15, -0.1) is 0 Å². The smallest absolute Gasteiger partial charge is 0.266 e. The molecule has 0 aliphatic carbocycles. The van der Waals surface area contributed by atoms with E-state index in [9.17, 15) is 25.3 Å². The second-order valence-electron chi connectivity index (χ2n) is 10.3. The maximum absolute atomic E-state index is 13.2. The summed E-state index contributed by atoms with van der Waals surface area (Å²) in [5.74, 6) is 0. The van der Waals surface area contributed by atoms with E-state index in [1.807, 2.05) is 20.8 Å². The molecule has 1 aliphatic rings. The van der Waals surface area contributed by atoms with Crippen LogP contribution >= 0.6 is 0 Å². The van der Waals surface area contributed by atoms with Crippen molar-refractivity contribution in [1.29, 1.82) is 0 Å². The maximum atomic E-state index is 13.2. The zero-order valence-electron chi connectivity index (χ0n) is 22.6. The van der Waals surface area contributed by atoms with Gasteiger partial charge in [0.05, 0.1) is 27.9 Å². The molecule has 1 heterocycles. The molecule has 1 aliphatic heterocycles. The van der Waals surface area contributed by atoms with E-state index in [1.54, 1.807) is 48.5 Å². The van der Waals surface area contributed by atoms with Crippen molar-refractivity contribution >= 4 is 30.3 Å². The fourth-order valence-electron chi connectivity index (χ4n) is 4.34. The average molecular weight is 608 g/mol. The Kier molecular flexibility index (Phi) is 8.88. The van der Waals surface area contributed by atoms with Gasteiger partial charge in [0, 0.05) is 18.5 Å². The summed E-state index contributed by atoms with van der Waals surface area (Å²) < 4.78 is 90.4. The Hall–Kier alpha value is -2.61. The molecule has 1 fully saturated rings. The highest BCUT2D eigenvalue weighted by Crippen LogP contribution is 2.36. The van der Waals surface area contributed by atoms with E-state index in [-0.39, 0.29) is 53.8 Å². The Bertz CT molecular complexity index is 1560. The minimum atomic E-state index is -4.15. The van der Waals surface area contributed by atoms with Crippen LogP contribution in [0.2, 0.25) is 0 Å². The first kappa shape index (κ1) is 30.4. The van der Waals surface area contributed by atoms with Crippen molar-refractivity contribution in [2.24, 2.45) is 5.41 Å². The van der Waals surface area contributed by atoms with Crippen LogP contribution in [-0.4, -0.2) is 55.9 Å². The number of piperidine rings is 1. The summed E-state index contributed by atoms with van der Waals surface area (Å²) in [6.07, 6.45) is 0.260. The SMILES string of the molecule is Cc1ccc(S(=O)(=O)OCC2(COS(=O)(=O)c3ccc(C)cc3)CCN(S(=O)(=O)c3ccc(C)cc3)CC2)cc1. The number of hydrogen-bond donors (Lipinski definition) is 0. The van der Waals surface area contributed by atoms with Gasteiger partial charge in [-0.05, 0) is 70.0 Å². The molecule has 0 radical (unpaired) electrons. The van der Waals surface area contributed by atoms with Crippen molar-refractivity contribution in [1.82, 2.24) is 4.31 Å². The van der Waals surface area contributed by atoms with Gasteiger partial charge in [0.25, 0.3) is 20.2 Å². The van der Waals surface area contributed by atoms with Crippen LogP contribution < -0.4 is 0 Å². The molecule has 0 aromatic heterocycles. The fraction of sp³-hybridized carbons (Fsp3) is 0.357. The molecule has 0 unspecified atom stereocenters. The van der Waals surface area contributed by atoms with Gasteiger partial charge in [0.15, 0.2) is 0 Å². The number of rotatable bonds is 10. The molecule has 0 N–H and O–H groups in total. The van der Waals surface area contributed by atoms with Crippen LogP contribution in [0.3, 0.4) is 0 Å². The van der Waals surface area contributed by atoms with Crippen LogP contribution in [0.4, 0.5) is 0 Å². The van der Waals surface area contributed by atoms with Crippen molar-refractivity contribution in [2.45, 2.75) is 48.3 Å². The zero-order valence-corrected chi connectivity index (χ0v) is 25.1. The molecule has 40 heavy (non-hydrogen) atoms. The van der Waals surface area contributed by atoms with Crippen molar-refractivity contribution in [3.8, 4) is 0 Å². The van der Waals surface area contributed by atoms with Crippen molar-refractivity contribution in [3.63, 3.8) is 0 Å². The van der Waals surface area contributed by atoms with Crippen LogP contribution in [0.1, 0.15) is 29.5 Å². The van der Waals surface area contributed by atoms with E-state index in [0.29, 0.717) is 0 Å². The lowest BCUT2D eigenvalue weighted by atomic mass is 9.81. The molecular weight excluding hydrogens is 575 g/mol. The Balaban J connectivity index is 1.55. The average Bonchev–Trinajstić information content (AvgIpc) is 2.92. The third-order valence-corrected chi connectivity index (χ3v) is 11.6. The fourth-order valence-corrected chi connectivity index (χ4v) is 7.80. The van der Waals surface area contributed by atoms with Gasteiger partial charge in [-0.3, -0.25) is 8.37 Å². The number of sulfonamides is 1. The van der Waals surface area contributed by atoms with Gasteiger partial charge in [-0.2, -0.15) is 21.1 Å². The molecule has 0 amide bonds. The molecule has 12 heteroatoms. The Morgan fingerprint density at radius 1 is 0.575 bits per heavy atom. The summed E-state index contributed by atoms with van der Waals surface area (Å²) >= 11 is 0. The van der Waals surface area contributed by atoms with Crippen LogP contribution in [0.25, 0.3) is 0 Å². The van der Waals surface area contributed by atoms with Gasteiger partial charge in [0.2, 0.25) is 10.0 Å². The number of nitrogens with zero attached hydrogens (tertiary/aromatic N) is 1. The normalized spacial score (nSPS) is 16.6. The van der Waals surface area contributed by atoms with Crippen LogP contribution in [0, 0.1) is 26.2 Å². The molecular formula is C28H33NO8S3. The molecule has 0 spiro atoms. The molecule has 9 nitrogen and oxygen atoms in total. The second-order valence-corrected chi connectivity index (χ2v) is 15.4. The monoisotopic (exact) mass is 607 g/mol. The minimum absolute atomic E-state index is 0.0270. The Morgan fingerprint density at radius 3 is 1.25 bits per heavy atom. The molecule has 4 rings (SSSR count). The minimum Gasteiger partial charge on any atom is -0.266 e. The summed E-state index contributed by atoms with van der Waals surface area (Å²) in [6.45, 7) is 4.86. The van der Waals surface area contributed by atoms with Crippen LogP contribution in [-0.2, 0) is 38.6 Å². The summed E-state index contributed by atoms with van der Waals surface area (Å²) in [5, 5.41) is 0. The van der Waals surface area contributed by atoms with Gasteiger partial charge >= 0.3 is 0 Å². The van der Waals surface area contributed by atoms with E-state index in [4.69, 9.17) is 8.37 Å². The third-order valence-electron chi connectivity index (χ3n) is 7.10. The van der Waals surface area contributed by atoms with Gasteiger partial charge in [-0.25, -0.2) is 8.42 Å². The zero-order chi connectivity index (χ0) is 29.2. The van der Waals surface area contributed by atoms with E-state index in [1.165, 1.54) is 28.6 Å². The lowest BCUT2D eigenvalue weighted by molar-refractivity contribution is 0.0381. The summed E-state index contributed by atoms with van der Waals surface area (Å²) in [7, 11) is -12.1. The molecule has 3 aromatic rings. The molecule has 0 bridgehead atoms. The van der Waals surface area contributed by atoms with Gasteiger partial charge in [0.1, 0.15) is 0 Å². The highest BCUT2D eigenvalue weighted by Gasteiger charge is 2.41. The van der Waals surface area contributed by atoms with Gasteiger partial charge < -0.3 is 0 Å². The van der Waals surface area contributed by atoms with Crippen molar-refractivity contribution in [2.75, 3.05) is 26.3 Å². The van der Waals surface area contributed by atoms with Crippen LogP contribution in [0.5, 0.6) is 0 Å². The van der Waals surface area contributed by atoms with Crippen molar-refractivity contribution < 1.29 is 33.6 Å². The summed E-state index contributed by atoms with van der Waals surface area (Å²) in [4.78, 5) is 0.101.